The van der Waals surface area contributed by atoms with E-state index in [1.165, 1.54) is 0 Å². The molecule has 2 atom stereocenters. The average Bonchev–Trinajstić information content (AvgIpc) is 2.32. The third kappa shape index (κ3) is 8.15. The van der Waals surface area contributed by atoms with Gasteiger partial charge in [0.25, 0.3) is 0 Å². The van der Waals surface area contributed by atoms with Gasteiger partial charge in [-0.15, -0.1) is 0 Å². The first-order chi connectivity index (χ1) is 9.63. The van der Waals surface area contributed by atoms with Crippen molar-refractivity contribution in [1.82, 2.24) is 10.6 Å². The highest BCUT2D eigenvalue weighted by atomic mass is 16.4. The van der Waals surface area contributed by atoms with Crippen molar-refractivity contribution in [3.63, 3.8) is 0 Å². The molecule has 118 valence electrons. The second kappa shape index (κ2) is 8.47. The van der Waals surface area contributed by atoms with Gasteiger partial charge in [0.15, 0.2) is 0 Å². The van der Waals surface area contributed by atoms with E-state index < -0.39 is 61.3 Å². The number of rotatable bonds is 10. The van der Waals surface area contributed by atoms with E-state index in [9.17, 15) is 24.0 Å². The summed E-state index contributed by atoms with van der Waals surface area (Å²) in [5.41, 5.74) is 0. The Labute approximate surface area is 117 Å². The number of nitrogens with one attached hydrogen (secondary N) is 2. The molecule has 21 heavy (non-hydrogen) atoms. The van der Waals surface area contributed by atoms with E-state index in [0.29, 0.717) is 0 Å². The molecule has 0 fully saturated rings. The zero-order chi connectivity index (χ0) is 16.6. The first-order valence-electron chi connectivity index (χ1n) is 5.55. The molecule has 6 N–H and O–H groups in total. The Balaban J connectivity index is 4.46. The van der Waals surface area contributed by atoms with Gasteiger partial charge >= 0.3 is 23.9 Å². The Morgan fingerprint density at radius 2 is 1.19 bits per heavy atom. The summed E-state index contributed by atoms with van der Waals surface area (Å²) in [4.78, 5) is 53.6. The second-order valence-electron chi connectivity index (χ2n) is 3.93. The van der Waals surface area contributed by atoms with Crippen molar-refractivity contribution in [3.8, 4) is 0 Å². The number of carbonyl (C=O) groups is 5. The van der Waals surface area contributed by atoms with E-state index in [2.05, 4.69) is 5.32 Å². The van der Waals surface area contributed by atoms with E-state index in [0.717, 1.165) is 0 Å². The number of hydrogen-bond donors (Lipinski definition) is 6. The zero-order valence-corrected chi connectivity index (χ0v) is 10.6. The van der Waals surface area contributed by atoms with Crippen LogP contribution in [0.3, 0.4) is 0 Å². The van der Waals surface area contributed by atoms with Crippen LogP contribution in [0.1, 0.15) is 12.8 Å². The van der Waals surface area contributed by atoms with Crippen molar-refractivity contribution in [2.45, 2.75) is 24.9 Å². The van der Waals surface area contributed by atoms with Crippen LogP contribution < -0.4 is 10.6 Å². The summed E-state index contributed by atoms with van der Waals surface area (Å²) in [6.45, 7) is -0.673. The predicted molar refractivity (Wildman–Crippen MR) is 63.5 cm³/mol. The maximum atomic E-state index is 11.4. The smallest absolute Gasteiger partial charge is 0.326 e. The van der Waals surface area contributed by atoms with Crippen LogP contribution in [0.2, 0.25) is 0 Å². The molecule has 0 rings (SSSR count). The van der Waals surface area contributed by atoms with Gasteiger partial charge in [0, 0.05) is 0 Å². The Morgan fingerprint density at radius 1 is 0.762 bits per heavy atom. The number of carbonyl (C=O) groups excluding carboxylic acids is 1. The van der Waals surface area contributed by atoms with Crippen molar-refractivity contribution in [2.75, 3.05) is 6.54 Å². The van der Waals surface area contributed by atoms with Crippen LogP contribution in [-0.2, 0) is 24.0 Å². The van der Waals surface area contributed by atoms with Crippen LogP contribution in [0.5, 0.6) is 0 Å². The fraction of sp³-hybridized carbons (Fsp3) is 0.500. The predicted octanol–water partition coefficient (Wildman–Crippen LogP) is -2.45. The molecular formula is C10H14N2O9. The molecule has 0 aliphatic heterocycles. The molecule has 0 aliphatic carbocycles. The Bertz CT molecular complexity index is 448. The summed E-state index contributed by atoms with van der Waals surface area (Å²) < 4.78 is 0. The van der Waals surface area contributed by atoms with E-state index in [1.807, 2.05) is 5.32 Å². The molecule has 0 radical (unpaired) electrons. The van der Waals surface area contributed by atoms with E-state index in [-0.39, 0.29) is 0 Å². The highest BCUT2D eigenvalue weighted by Gasteiger charge is 2.25. The molecule has 0 bridgehead atoms. The summed E-state index contributed by atoms with van der Waals surface area (Å²) in [5, 5.41) is 38.3. The number of carboxylic acids is 4. The van der Waals surface area contributed by atoms with Gasteiger partial charge in [-0.1, -0.05) is 0 Å². The summed E-state index contributed by atoms with van der Waals surface area (Å²) in [5.74, 6) is -6.87. The standard InChI is InChI=1S/C10H14N2O9/c13-6(12-5(10(20)21)2-8(16)17)3-11-4(9(18)19)1-7(14)15/h4-5,11H,1-3H2,(H,12,13)(H,14,15)(H,16,17)(H,18,19)(H,20,21)/t4?,5-/m0/s1. The summed E-state index contributed by atoms with van der Waals surface area (Å²) >= 11 is 0. The number of carboxylic acid groups (broad SMARTS) is 4. The van der Waals surface area contributed by atoms with E-state index in [4.69, 9.17) is 20.4 Å². The molecule has 0 spiro atoms. The molecule has 0 aromatic rings. The molecule has 0 saturated heterocycles. The average molecular weight is 306 g/mol. The quantitative estimate of drug-likeness (QED) is 0.252. The minimum Gasteiger partial charge on any atom is -0.481 e. The van der Waals surface area contributed by atoms with Crippen LogP contribution >= 0.6 is 0 Å². The van der Waals surface area contributed by atoms with Crippen molar-refractivity contribution in [1.29, 1.82) is 0 Å². The van der Waals surface area contributed by atoms with Gasteiger partial charge < -0.3 is 25.7 Å². The SMILES string of the molecule is O=C(O)CC(NCC(=O)N[C@@H](CC(=O)O)C(=O)O)C(=O)O. The summed E-state index contributed by atoms with van der Waals surface area (Å²) in [6, 6.07) is -3.20. The maximum absolute atomic E-state index is 11.4. The molecular weight excluding hydrogens is 292 g/mol. The first-order valence-corrected chi connectivity index (χ1v) is 5.55. The van der Waals surface area contributed by atoms with Gasteiger partial charge in [-0.05, 0) is 0 Å². The monoisotopic (exact) mass is 306 g/mol. The minimum absolute atomic E-state index is 0.673. The third-order valence-electron chi connectivity index (χ3n) is 2.20. The number of hydrogen-bond acceptors (Lipinski definition) is 6. The summed E-state index contributed by atoms with van der Waals surface area (Å²) in [6.07, 6.45) is -1.63. The van der Waals surface area contributed by atoms with Crippen molar-refractivity contribution >= 4 is 29.8 Å². The third-order valence-corrected chi connectivity index (χ3v) is 2.20. The van der Waals surface area contributed by atoms with Crippen LogP contribution in [0.4, 0.5) is 0 Å². The minimum atomic E-state index is -1.67. The fourth-order valence-corrected chi connectivity index (χ4v) is 1.26. The molecule has 1 amide bonds. The molecule has 11 heteroatoms. The molecule has 0 heterocycles. The normalized spacial score (nSPS) is 13.0. The molecule has 11 nitrogen and oxygen atoms in total. The van der Waals surface area contributed by atoms with Crippen molar-refractivity contribution < 1.29 is 44.4 Å². The topological polar surface area (TPSA) is 190 Å². The van der Waals surface area contributed by atoms with Gasteiger partial charge in [-0.2, -0.15) is 0 Å². The molecule has 1 unspecified atom stereocenters. The lowest BCUT2D eigenvalue weighted by Gasteiger charge is -2.15. The first kappa shape index (κ1) is 18.3. The molecule has 0 aliphatic rings. The van der Waals surface area contributed by atoms with E-state index >= 15 is 0 Å². The van der Waals surface area contributed by atoms with E-state index in [1.54, 1.807) is 0 Å². The second-order valence-corrected chi connectivity index (χ2v) is 3.93. The summed E-state index contributed by atoms with van der Waals surface area (Å²) in [7, 11) is 0. The molecule has 0 aromatic heterocycles. The van der Waals surface area contributed by atoms with Crippen molar-refractivity contribution in [3.05, 3.63) is 0 Å². The highest BCUT2D eigenvalue weighted by Crippen LogP contribution is 1.94. The van der Waals surface area contributed by atoms with Gasteiger partial charge in [0.1, 0.15) is 12.1 Å². The lowest BCUT2D eigenvalue weighted by atomic mass is 10.2. The number of aliphatic carboxylic acids is 4. The van der Waals surface area contributed by atoms with Gasteiger partial charge in [0.2, 0.25) is 5.91 Å². The zero-order valence-electron chi connectivity index (χ0n) is 10.6. The number of amides is 1. The fourth-order valence-electron chi connectivity index (χ4n) is 1.26. The Morgan fingerprint density at radius 3 is 1.57 bits per heavy atom. The van der Waals surface area contributed by atoms with Crippen molar-refractivity contribution in [2.24, 2.45) is 0 Å². The Hall–Kier alpha value is -2.69. The van der Waals surface area contributed by atoms with Gasteiger partial charge in [-0.3, -0.25) is 24.5 Å². The van der Waals surface area contributed by atoms with Crippen LogP contribution in [-0.4, -0.2) is 68.8 Å². The van der Waals surface area contributed by atoms with Crippen LogP contribution in [0, 0.1) is 0 Å². The molecule has 0 aromatic carbocycles. The molecule has 0 saturated carbocycles. The lowest BCUT2D eigenvalue weighted by molar-refractivity contribution is -0.147. The highest BCUT2D eigenvalue weighted by molar-refractivity contribution is 5.88. The van der Waals surface area contributed by atoms with Gasteiger partial charge in [-0.25, -0.2) is 4.79 Å². The van der Waals surface area contributed by atoms with Crippen LogP contribution in [0.25, 0.3) is 0 Å². The maximum Gasteiger partial charge on any atom is 0.326 e. The van der Waals surface area contributed by atoms with Gasteiger partial charge in [0.05, 0.1) is 19.4 Å². The lowest BCUT2D eigenvalue weighted by Crippen LogP contribution is -2.48. The largest absolute Gasteiger partial charge is 0.481 e. The van der Waals surface area contributed by atoms with Crippen LogP contribution in [0.15, 0.2) is 0 Å². The Kier molecular flexibility index (Phi) is 7.39.